The number of nitrogens with one attached hydrogen (secondary N) is 1. The minimum Gasteiger partial charge on any atom is -0.310 e. The monoisotopic (exact) mass is 281 g/mol. The van der Waals surface area contributed by atoms with Gasteiger partial charge in [-0.2, -0.15) is 16.9 Å². The molecule has 1 aliphatic rings. The van der Waals surface area contributed by atoms with Crippen molar-refractivity contribution in [3.05, 3.63) is 18.0 Å². The highest BCUT2D eigenvalue weighted by molar-refractivity contribution is 7.99. The molecule has 1 atom stereocenters. The fraction of sp³-hybridized carbons (Fsp3) is 0.800. The molecule has 1 N–H and O–H groups in total. The fourth-order valence-corrected chi connectivity index (χ4v) is 3.94. The van der Waals surface area contributed by atoms with Crippen LogP contribution in [0.3, 0.4) is 0 Å². The maximum Gasteiger partial charge on any atom is 0.0762 e. The quantitative estimate of drug-likeness (QED) is 0.828. The van der Waals surface area contributed by atoms with E-state index in [-0.39, 0.29) is 0 Å². The number of hydrogen-bond acceptors (Lipinski definition) is 3. The van der Waals surface area contributed by atoms with Gasteiger partial charge < -0.3 is 5.32 Å². The molecule has 1 fully saturated rings. The van der Waals surface area contributed by atoms with Crippen LogP contribution in [0.5, 0.6) is 0 Å². The Balaban J connectivity index is 1.73. The van der Waals surface area contributed by atoms with Crippen LogP contribution >= 0.6 is 11.8 Å². The minimum atomic E-state index is 0.558. The predicted octanol–water partition coefficient (Wildman–Crippen LogP) is 3.62. The molecular weight excluding hydrogens is 254 g/mol. The number of hydrogen-bond donors (Lipinski definition) is 1. The lowest BCUT2D eigenvalue weighted by Crippen LogP contribution is -2.26. The highest BCUT2D eigenvalue weighted by Gasteiger charge is 2.13. The third-order valence-electron chi connectivity index (χ3n) is 3.93. The van der Waals surface area contributed by atoms with E-state index >= 15 is 0 Å². The largest absolute Gasteiger partial charge is 0.310 e. The SMILES string of the molecule is CCC(CC)n1ccc(CNCC2CCCCS2)n1. The predicted molar refractivity (Wildman–Crippen MR) is 83.6 cm³/mol. The van der Waals surface area contributed by atoms with Crippen LogP contribution < -0.4 is 5.32 Å². The molecule has 0 aliphatic carbocycles. The van der Waals surface area contributed by atoms with E-state index in [0.717, 1.165) is 31.2 Å². The molecule has 19 heavy (non-hydrogen) atoms. The van der Waals surface area contributed by atoms with Crippen LogP contribution in [0.1, 0.15) is 57.7 Å². The Morgan fingerprint density at radius 1 is 1.42 bits per heavy atom. The Morgan fingerprint density at radius 2 is 2.26 bits per heavy atom. The van der Waals surface area contributed by atoms with Gasteiger partial charge in [0.05, 0.1) is 11.7 Å². The van der Waals surface area contributed by atoms with Crippen LogP contribution in [0.4, 0.5) is 0 Å². The Hall–Kier alpha value is -0.480. The summed E-state index contributed by atoms with van der Waals surface area (Å²) < 4.78 is 2.13. The molecule has 0 spiro atoms. The number of aromatic nitrogens is 2. The molecule has 1 aliphatic heterocycles. The highest BCUT2D eigenvalue weighted by Crippen LogP contribution is 2.24. The fourth-order valence-electron chi connectivity index (χ4n) is 2.67. The van der Waals surface area contributed by atoms with Crippen LogP contribution in [0.25, 0.3) is 0 Å². The van der Waals surface area contributed by atoms with Gasteiger partial charge in [0.15, 0.2) is 0 Å². The van der Waals surface area contributed by atoms with E-state index in [0.29, 0.717) is 6.04 Å². The molecule has 0 amide bonds. The number of thioether (sulfide) groups is 1. The summed E-state index contributed by atoms with van der Waals surface area (Å²) in [5, 5.41) is 9.06. The van der Waals surface area contributed by atoms with Crippen molar-refractivity contribution < 1.29 is 0 Å². The van der Waals surface area contributed by atoms with Gasteiger partial charge in [-0.3, -0.25) is 4.68 Å². The van der Waals surface area contributed by atoms with Gasteiger partial charge in [0.25, 0.3) is 0 Å². The first-order valence-corrected chi connectivity index (χ1v) is 8.74. The van der Waals surface area contributed by atoms with Crippen LogP contribution in [-0.2, 0) is 6.54 Å². The summed E-state index contributed by atoms with van der Waals surface area (Å²) in [5.74, 6) is 1.34. The first kappa shape index (κ1) is 14.9. The van der Waals surface area contributed by atoms with E-state index in [1.54, 1.807) is 0 Å². The summed E-state index contributed by atoms with van der Waals surface area (Å²) in [7, 11) is 0. The van der Waals surface area contributed by atoms with E-state index in [1.807, 2.05) is 0 Å². The van der Waals surface area contributed by atoms with Crippen molar-refractivity contribution in [2.45, 2.75) is 63.8 Å². The highest BCUT2D eigenvalue weighted by atomic mass is 32.2. The van der Waals surface area contributed by atoms with Crippen molar-refractivity contribution in [1.82, 2.24) is 15.1 Å². The Morgan fingerprint density at radius 3 is 2.95 bits per heavy atom. The van der Waals surface area contributed by atoms with Gasteiger partial charge >= 0.3 is 0 Å². The van der Waals surface area contributed by atoms with Gasteiger partial charge in [0.1, 0.15) is 0 Å². The zero-order chi connectivity index (χ0) is 13.5. The maximum atomic E-state index is 4.68. The molecule has 1 aromatic heterocycles. The molecule has 1 unspecified atom stereocenters. The van der Waals surface area contributed by atoms with Gasteiger partial charge in [-0.15, -0.1) is 0 Å². The van der Waals surface area contributed by atoms with Crippen molar-refractivity contribution in [2.75, 3.05) is 12.3 Å². The maximum absolute atomic E-state index is 4.68. The zero-order valence-corrected chi connectivity index (χ0v) is 13.1. The van der Waals surface area contributed by atoms with Gasteiger partial charge in [0, 0.05) is 24.5 Å². The van der Waals surface area contributed by atoms with E-state index in [1.165, 1.54) is 30.7 Å². The van der Waals surface area contributed by atoms with Crippen molar-refractivity contribution in [2.24, 2.45) is 0 Å². The van der Waals surface area contributed by atoms with E-state index in [9.17, 15) is 0 Å². The van der Waals surface area contributed by atoms with E-state index < -0.39 is 0 Å². The van der Waals surface area contributed by atoms with Gasteiger partial charge in [-0.05, 0) is 37.5 Å². The van der Waals surface area contributed by atoms with E-state index in [2.05, 4.69) is 53.0 Å². The van der Waals surface area contributed by atoms with Crippen LogP contribution in [-0.4, -0.2) is 27.3 Å². The van der Waals surface area contributed by atoms with Crippen molar-refractivity contribution in [1.29, 1.82) is 0 Å². The Bertz CT molecular complexity index is 354. The summed E-state index contributed by atoms with van der Waals surface area (Å²) in [6.07, 6.45) is 8.63. The standard InChI is InChI=1S/C15H27N3S/c1-3-14(4-2)18-9-8-13(17-18)11-16-12-15-7-5-6-10-19-15/h8-9,14-16H,3-7,10-12H2,1-2H3. The molecule has 2 rings (SSSR count). The lowest BCUT2D eigenvalue weighted by molar-refractivity contribution is 0.424. The molecular formula is C15H27N3S. The lowest BCUT2D eigenvalue weighted by atomic mass is 10.2. The third kappa shape index (κ3) is 4.53. The first-order chi connectivity index (χ1) is 9.33. The summed E-state index contributed by atoms with van der Waals surface area (Å²) in [5.41, 5.74) is 1.17. The molecule has 0 radical (unpaired) electrons. The normalized spacial score (nSPS) is 20.1. The smallest absolute Gasteiger partial charge is 0.0762 e. The molecule has 0 bridgehead atoms. The first-order valence-electron chi connectivity index (χ1n) is 7.69. The molecule has 3 nitrogen and oxygen atoms in total. The van der Waals surface area contributed by atoms with Crippen molar-refractivity contribution >= 4 is 11.8 Å². The lowest BCUT2D eigenvalue weighted by Gasteiger charge is -2.21. The number of rotatable bonds is 7. The second-order valence-corrected chi connectivity index (χ2v) is 6.79. The molecule has 2 heterocycles. The Kier molecular flexibility index (Phi) is 6.24. The second-order valence-electron chi connectivity index (χ2n) is 5.38. The Labute approximate surface area is 121 Å². The van der Waals surface area contributed by atoms with Crippen molar-refractivity contribution in [3.8, 4) is 0 Å². The summed E-state index contributed by atoms with van der Waals surface area (Å²) in [4.78, 5) is 0. The number of nitrogens with zero attached hydrogens (tertiary/aromatic N) is 2. The minimum absolute atomic E-state index is 0.558. The second kappa shape index (κ2) is 7.95. The van der Waals surface area contributed by atoms with E-state index in [4.69, 9.17) is 0 Å². The average Bonchev–Trinajstić information content (AvgIpc) is 2.90. The topological polar surface area (TPSA) is 29.9 Å². The average molecular weight is 281 g/mol. The molecule has 0 aromatic carbocycles. The van der Waals surface area contributed by atoms with Gasteiger partial charge in [0.2, 0.25) is 0 Å². The van der Waals surface area contributed by atoms with Crippen LogP contribution in [0, 0.1) is 0 Å². The summed E-state index contributed by atoms with van der Waals surface area (Å²) in [6.45, 7) is 6.49. The molecule has 4 heteroatoms. The van der Waals surface area contributed by atoms with Crippen LogP contribution in [0.15, 0.2) is 12.3 Å². The zero-order valence-electron chi connectivity index (χ0n) is 12.3. The summed E-state index contributed by atoms with van der Waals surface area (Å²) >= 11 is 2.13. The van der Waals surface area contributed by atoms with Crippen LogP contribution in [0.2, 0.25) is 0 Å². The molecule has 1 saturated heterocycles. The van der Waals surface area contributed by atoms with Gasteiger partial charge in [-0.1, -0.05) is 20.3 Å². The van der Waals surface area contributed by atoms with Gasteiger partial charge in [-0.25, -0.2) is 0 Å². The molecule has 0 saturated carbocycles. The third-order valence-corrected chi connectivity index (χ3v) is 5.33. The molecule has 1 aromatic rings. The summed E-state index contributed by atoms with van der Waals surface area (Å²) in [6, 6.07) is 2.71. The van der Waals surface area contributed by atoms with Crippen molar-refractivity contribution in [3.63, 3.8) is 0 Å². The molecule has 108 valence electrons.